The Kier molecular flexibility index (Phi) is 4.63. The van der Waals surface area contributed by atoms with Crippen molar-refractivity contribution < 1.29 is 8.42 Å². The molecule has 1 N–H and O–H groups in total. The first kappa shape index (κ1) is 14.9. The third-order valence-electron chi connectivity index (χ3n) is 2.96. The summed E-state index contributed by atoms with van der Waals surface area (Å²) in [4.78, 5) is 5.78. The first-order chi connectivity index (χ1) is 8.85. The predicted octanol–water partition coefficient (Wildman–Crippen LogP) is 2.31. The van der Waals surface area contributed by atoms with E-state index in [2.05, 4.69) is 24.1 Å². The van der Waals surface area contributed by atoms with Crippen LogP contribution in [0.3, 0.4) is 0 Å². The number of nitrogens with zero attached hydrogens (tertiary/aromatic N) is 1. The van der Waals surface area contributed by atoms with Gasteiger partial charge in [0.25, 0.3) is 0 Å². The van der Waals surface area contributed by atoms with Crippen LogP contribution in [0, 0.1) is 5.92 Å². The summed E-state index contributed by atoms with van der Waals surface area (Å²) >= 11 is 1.55. The third-order valence-corrected chi connectivity index (χ3v) is 5.01. The number of hydrogen-bond acceptors (Lipinski definition) is 5. The Labute approximate surface area is 119 Å². The Morgan fingerprint density at radius 2 is 2.11 bits per heavy atom. The Hall–Kier alpha value is -0.460. The average molecular weight is 302 g/mol. The van der Waals surface area contributed by atoms with Crippen molar-refractivity contribution in [2.75, 3.05) is 12.8 Å². The topological polar surface area (TPSA) is 59.1 Å². The summed E-state index contributed by atoms with van der Waals surface area (Å²) in [5.74, 6) is 1.26. The van der Waals surface area contributed by atoms with E-state index in [-0.39, 0.29) is 5.75 Å². The van der Waals surface area contributed by atoms with Crippen LogP contribution in [-0.2, 0) is 22.1 Å². The maximum absolute atomic E-state index is 11.4. The van der Waals surface area contributed by atoms with E-state index in [1.807, 2.05) is 0 Å². The Morgan fingerprint density at radius 3 is 2.63 bits per heavy atom. The summed E-state index contributed by atoms with van der Waals surface area (Å²) in [5, 5.41) is 4.16. The summed E-state index contributed by atoms with van der Waals surface area (Å²) in [6.45, 7) is 6.14. The number of hydrogen-bond donors (Lipinski definition) is 1. The number of sulfone groups is 1. The maximum Gasteiger partial charge on any atom is 0.153 e. The van der Waals surface area contributed by atoms with E-state index in [9.17, 15) is 8.42 Å². The maximum atomic E-state index is 11.4. The highest BCUT2D eigenvalue weighted by Crippen LogP contribution is 2.42. The number of aromatic nitrogens is 1. The normalized spacial score (nSPS) is 16.2. The molecule has 0 aliphatic heterocycles. The monoisotopic (exact) mass is 302 g/mol. The number of nitrogens with one attached hydrogen (secondary N) is 1. The van der Waals surface area contributed by atoms with Gasteiger partial charge in [-0.3, -0.25) is 0 Å². The van der Waals surface area contributed by atoms with Gasteiger partial charge in [0.2, 0.25) is 0 Å². The zero-order chi connectivity index (χ0) is 14.0. The van der Waals surface area contributed by atoms with Crippen molar-refractivity contribution in [3.63, 3.8) is 0 Å². The molecule has 1 fully saturated rings. The molecule has 108 valence electrons. The minimum absolute atomic E-state index is 0.0710. The molecular weight excluding hydrogens is 280 g/mol. The van der Waals surface area contributed by atoms with Crippen LogP contribution in [0.2, 0.25) is 0 Å². The van der Waals surface area contributed by atoms with E-state index < -0.39 is 9.84 Å². The molecule has 6 heteroatoms. The molecule has 0 atom stereocenters. The van der Waals surface area contributed by atoms with Crippen molar-refractivity contribution in [2.45, 2.75) is 44.9 Å². The van der Waals surface area contributed by atoms with Crippen LogP contribution in [0.15, 0.2) is 0 Å². The van der Waals surface area contributed by atoms with Crippen LogP contribution in [-0.4, -0.2) is 26.2 Å². The van der Waals surface area contributed by atoms with Gasteiger partial charge < -0.3 is 5.32 Å². The molecule has 1 saturated carbocycles. The summed E-state index contributed by atoms with van der Waals surface area (Å²) in [6.07, 6.45) is 3.65. The van der Waals surface area contributed by atoms with E-state index in [0.717, 1.165) is 23.8 Å². The smallest absolute Gasteiger partial charge is 0.153 e. The predicted molar refractivity (Wildman–Crippen MR) is 79.2 cm³/mol. The highest BCUT2D eigenvalue weighted by atomic mass is 32.2. The van der Waals surface area contributed by atoms with Gasteiger partial charge >= 0.3 is 0 Å². The fourth-order valence-electron chi connectivity index (χ4n) is 1.98. The Morgan fingerprint density at radius 1 is 1.42 bits per heavy atom. The van der Waals surface area contributed by atoms with Crippen LogP contribution < -0.4 is 5.32 Å². The van der Waals surface area contributed by atoms with E-state index in [0.29, 0.717) is 11.8 Å². The lowest BCUT2D eigenvalue weighted by molar-refractivity contribution is 0.553. The minimum Gasteiger partial charge on any atom is -0.312 e. The van der Waals surface area contributed by atoms with Crippen molar-refractivity contribution in [1.82, 2.24) is 10.3 Å². The molecule has 2 rings (SSSR count). The van der Waals surface area contributed by atoms with Gasteiger partial charge in [-0.2, -0.15) is 0 Å². The lowest BCUT2D eigenvalue weighted by Gasteiger charge is -2.06. The summed E-state index contributed by atoms with van der Waals surface area (Å²) in [6, 6.07) is 0. The highest BCUT2D eigenvalue weighted by molar-refractivity contribution is 7.90. The summed E-state index contributed by atoms with van der Waals surface area (Å²) in [7, 11) is -2.99. The Bertz CT molecular complexity index is 531. The standard InChI is InChI=1S/C13H22N2O2S2/c1-9(2)6-14-7-11-13(10-4-5-10)15-12(18-11)8-19(3,16)17/h9-10,14H,4-8H2,1-3H3. The third kappa shape index (κ3) is 4.85. The number of thiazole rings is 1. The lowest BCUT2D eigenvalue weighted by atomic mass is 10.2. The van der Waals surface area contributed by atoms with Crippen molar-refractivity contribution in [2.24, 2.45) is 5.92 Å². The van der Waals surface area contributed by atoms with Crippen molar-refractivity contribution in [3.8, 4) is 0 Å². The molecule has 0 unspecified atom stereocenters. The zero-order valence-electron chi connectivity index (χ0n) is 11.8. The van der Waals surface area contributed by atoms with Crippen LogP contribution in [0.25, 0.3) is 0 Å². The largest absolute Gasteiger partial charge is 0.312 e. The van der Waals surface area contributed by atoms with Crippen molar-refractivity contribution in [1.29, 1.82) is 0 Å². The fourth-order valence-corrected chi connectivity index (χ4v) is 4.29. The van der Waals surface area contributed by atoms with Gasteiger partial charge in [-0.1, -0.05) is 13.8 Å². The van der Waals surface area contributed by atoms with E-state index in [1.54, 1.807) is 11.3 Å². The molecule has 0 bridgehead atoms. The van der Waals surface area contributed by atoms with E-state index in [1.165, 1.54) is 24.0 Å². The van der Waals surface area contributed by atoms with Gasteiger partial charge in [-0.25, -0.2) is 13.4 Å². The second-order valence-electron chi connectivity index (χ2n) is 5.79. The summed E-state index contributed by atoms with van der Waals surface area (Å²) in [5.41, 5.74) is 1.14. The van der Waals surface area contributed by atoms with Crippen molar-refractivity contribution >= 4 is 21.2 Å². The van der Waals surface area contributed by atoms with E-state index >= 15 is 0 Å². The van der Waals surface area contributed by atoms with Crippen LogP contribution in [0.5, 0.6) is 0 Å². The van der Waals surface area contributed by atoms with Gasteiger partial charge in [0.05, 0.1) is 5.69 Å². The van der Waals surface area contributed by atoms with E-state index in [4.69, 9.17) is 0 Å². The molecule has 1 heterocycles. The summed E-state index contributed by atoms with van der Waals surface area (Å²) < 4.78 is 22.7. The van der Waals surface area contributed by atoms with Gasteiger partial charge in [-0.15, -0.1) is 11.3 Å². The van der Waals surface area contributed by atoms with Crippen molar-refractivity contribution in [3.05, 3.63) is 15.6 Å². The zero-order valence-corrected chi connectivity index (χ0v) is 13.4. The minimum atomic E-state index is -2.99. The molecule has 0 radical (unpaired) electrons. The molecule has 1 aromatic heterocycles. The molecule has 1 aromatic rings. The Balaban J connectivity index is 2.07. The second-order valence-corrected chi connectivity index (χ2v) is 9.09. The quantitative estimate of drug-likeness (QED) is 0.839. The van der Waals surface area contributed by atoms with Gasteiger partial charge in [0.1, 0.15) is 10.8 Å². The van der Waals surface area contributed by atoms with Gasteiger partial charge in [0.15, 0.2) is 9.84 Å². The second kappa shape index (κ2) is 5.89. The molecular formula is C13H22N2O2S2. The fraction of sp³-hybridized carbons (Fsp3) is 0.769. The molecule has 0 saturated heterocycles. The number of rotatable bonds is 7. The molecule has 0 spiro atoms. The first-order valence-electron chi connectivity index (χ1n) is 6.72. The molecule has 19 heavy (non-hydrogen) atoms. The lowest BCUT2D eigenvalue weighted by Crippen LogP contribution is -2.18. The van der Waals surface area contributed by atoms with Gasteiger partial charge in [-0.05, 0) is 25.3 Å². The SMILES string of the molecule is CC(C)CNCc1sc(CS(C)(=O)=O)nc1C1CC1. The van der Waals surface area contributed by atoms with Crippen LogP contribution in [0.4, 0.5) is 0 Å². The van der Waals surface area contributed by atoms with Gasteiger partial charge in [0, 0.05) is 23.6 Å². The average Bonchev–Trinajstić information content (AvgIpc) is 3.00. The van der Waals surface area contributed by atoms with Crippen LogP contribution >= 0.6 is 11.3 Å². The first-order valence-corrected chi connectivity index (χ1v) is 9.60. The molecule has 1 aliphatic rings. The molecule has 0 amide bonds. The molecule has 4 nitrogen and oxygen atoms in total. The molecule has 1 aliphatic carbocycles. The highest BCUT2D eigenvalue weighted by Gasteiger charge is 2.29. The molecule has 0 aromatic carbocycles. The van der Waals surface area contributed by atoms with Crippen LogP contribution in [0.1, 0.15) is 48.2 Å².